The Morgan fingerprint density at radius 2 is 1.39 bits per heavy atom. The van der Waals surface area contributed by atoms with Crippen molar-refractivity contribution in [3.05, 3.63) is 61.2 Å². The first kappa shape index (κ1) is 24.4. The largest absolute Gasteiger partial charge is 0.427 e. The molecule has 0 heterocycles. The molecule has 0 aliphatic carbocycles. The van der Waals surface area contributed by atoms with Gasteiger partial charge in [0, 0.05) is 6.42 Å². The molecule has 0 aliphatic rings. The molecular formula is C23H28N2O5S. The van der Waals surface area contributed by atoms with E-state index in [1.54, 1.807) is 24.3 Å². The Morgan fingerprint density at radius 1 is 0.871 bits per heavy atom. The van der Waals surface area contributed by atoms with Gasteiger partial charge in [-0.1, -0.05) is 31.8 Å². The summed E-state index contributed by atoms with van der Waals surface area (Å²) in [4.78, 5) is 11.7. The Bertz CT molecular complexity index is 968. The third kappa shape index (κ3) is 9.67. The third-order valence-corrected chi connectivity index (χ3v) is 5.39. The molecule has 0 bridgehead atoms. The van der Waals surface area contributed by atoms with Crippen molar-refractivity contribution >= 4 is 27.5 Å². The highest BCUT2D eigenvalue weighted by Crippen LogP contribution is 2.23. The van der Waals surface area contributed by atoms with Crippen LogP contribution < -0.4 is 4.74 Å². The van der Waals surface area contributed by atoms with Crippen LogP contribution in [0.3, 0.4) is 0 Å². The number of carbonyl (C=O) groups excluding carboxylic acids is 1. The molecule has 8 heteroatoms. The van der Waals surface area contributed by atoms with Crippen LogP contribution in [0, 0.1) is 0 Å². The number of hydrogen-bond acceptors (Lipinski definition) is 6. The first-order chi connectivity index (χ1) is 14.9. The summed E-state index contributed by atoms with van der Waals surface area (Å²) in [6.45, 7) is 3.71. The number of carbonyl (C=O) groups is 1. The van der Waals surface area contributed by atoms with Gasteiger partial charge in [-0.25, -0.2) is 0 Å². The predicted molar refractivity (Wildman–Crippen MR) is 120 cm³/mol. The fourth-order valence-electron chi connectivity index (χ4n) is 2.83. The SMILES string of the molecule is C=CCCCCCCCCC(=O)Oc1ccc(N=Nc2ccc(S(=O)(=O)O)cc2)cc1. The highest BCUT2D eigenvalue weighted by molar-refractivity contribution is 7.85. The minimum Gasteiger partial charge on any atom is -0.427 e. The molecule has 7 nitrogen and oxygen atoms in total. The second-order valence-corrected chi connectivity index (χ2v) is 8.51. The molecule has 0 fully saturated rings. The summed E-state index contributed by atoms with van der Waals surface area (Å²) in [6, 6.07) is 12.0. The molecule has 1 N–H and O–H groups in total. The van der Waals surface area contributed by atoms with Gasteiger partial charge in [0.05, 0.1) is 16.3 Å². The number of benzene rings is 2. The van der Waals surface area contributed by atoms with Crippen LogP contribution in [-0.4, -0.2) is 18.9 Å². The Hall–Kier alpha value is -2.84. The van der Waals surface area contributed by atoms with E-state index in [1.807, 2.05) is 6.08 Å². The molecule has 0 atom stereocenters. The Balaban J connectivity index is 1.73. The smallest absolute Gasteiger partial charge is 0.311 e. The van der Waals surface area contributed by atoms with Gasteiger partial charge in [-0.05, 0) is 67.8 Å². The molecule has 31 heavy (non-hydrogen) atoms. The maximum Gasteiger partial charge on any atom is 0.311 e. The van der Waals surface area contributed by atoms with E-state index < -0.39 is 10.1 Å². The van der Waals surface area contributed by atoms with Crippen molar-refractivity contribution in [3.63, 3.8) is 0 Å². The third-order valence-electron chi connectivity index (χ3n) is 4.52. The highest BCUT2D eigenvalue weighted by atomic mass is 32.2. The molecule has 0 saturated carbocycles. The molecule has 0 spiro atoms. The number of unbranched alkanes of at least 4 members (excludes halogenated alkanes) is 6. The molecule has 166 valence electrons. The van der Waals surface area contributed by atoms with E-state index >= 15 is 0 Å². The van der Waals surface area contributed by atoms with Gasteiger partial charge in [0.15, 0.2) is 0 Å². The van der Waals surface area contributed by atoms with Gasteiger partial charge in [-0.2, -0.15) is 18.6 Å². The normalized spacial score (nSPS) is 11.5. The first-order valence-electron chi connectivity index (χ1n) is 10.3. The van der Waals surface area contributed by atoms with Crippen molar-refractivity contribution in [1.82, 2.24) is 0 Å². The van der Waals surface area contributed by atoms with Crippen LogP contribution in [0.15, 0.2) is 76.3 Å². The number of rotatable bonds is 13. The zero-order chi connectivity index (χ0) is 22.5. The van der Waals surface area contributed by atoms with Gasteiger partial charge < -0.3 is 4.74 Å². The van der Waals surface area contributed by atoms with Crippen molar-refractivity contribution in [2.24, 2.45) is 10.2 Å². The monoisotopic (exact) mass is 444 g/mol. The average Bonchev–Trinajstić information content (AvgIpc) is 2.75. The fraction of sp³-hybridized carbons (Fsp3) is 0.348. The topological polar surface area (TPSA) is 105 Å². The summed E-state index contributed by atoms with van der Waals surface area (Å²) in [7, 11) is -4.23. The summed E-state index contributed by atoms with van der Waals surface area (Å²) in [6.07, 6.45) is 9.95. The number of hydrogen-bond donors (Lipinski definition) is 1. The summed E-state index contributed by atoms with van der Waals surface area (Å²) < 4.78 is 36.4. The highest BCUT2D eigenvalue weighted by Gasteiger charge is 2.08. The molecule has 0 aliphatic heterocycles. The molecule has 2 aromatic rings. The number of esters is 1. The van der Waals surface area contributed by atoms with E-state index in [9.17, 15) is 13.2 Å². The predicted octanol–water partition coefficient (Wildman–Crippen LogP) is 6.56. The van der Waals surface area contributed by atoms with Gasteiger partial charge in [-0.15, -0.1) is 6.58 Å². The summed E-state index contributed by atoms with van der Waals surface area (Å²) in [5.74, 6) is 0.200. The number of ether oxygens (including phenoxy) is 1. The lowest BCUT2D eigenvalue weighted by molar-refractivity contribution is -0.134. The van der Waals surface area contributed by atoms with Crippen molar-refractivity contribution in [2.75, 3.05) is 0 Å². The van der Waals surface area contributed by atoms with Crippen LogP contribution in [-0.2, 0) is 14.9 Å². The van der Waals surface area contributed by atoms with E-state index in [-0.39, 0.29) is 10.9 Å². The van der Waals surface area contributed by atoms with Crippen molar-refractivity contribution < 1.29 is 22.5 Å². The van der Waals surface area contributed by atoms with Crippen LogP contribution in [0.1, 0.15) is 51.4 Å². The van der Waals surface area contributed by atoms with Gasteiger partial charge in [0.25, 0.3) is 10.1 Å². The van der Waals surface area contributed by atoms with E-state index in [0.29, 0.717) is 23.5 Å². The first-order valence-corrected chi connectivity index (χ1v) is 11.7. The molecule has 0 saturated heterocycles. The summed E-state index contributed by atoms with van der Waals surface area (Å²) in [5.41, 5.74) is 0.985. The maximum atomic E-state index is 11.9. The zero-order valence-electron chi connectivity index (χ0n) is 17.4. The molecule has 2 aromatic carbocycles. The van der Waals surface area contributed by atoms with Gasteiger partial charge in [-0.3, -0.25) is 9.35 Å². The fourth-order valence-corrected chi connectivity index (χ4v) is 3.31. The molecule has 0 unspecified atom stereocenters. The van der Waals surface area contributed by atoms with Crippen molar-refractivity contribution in [1.29, 1.82) is 0 Å². The molecule has 0 aromatic heterocycles. The lowest BCUT2D eigenvalue weighted by Crippen LogP contribution is -2.07. The van der Waals surface area contributed by atoms with Crippen LogP contribution >= 0.6 is 0 Å². The van der Waals surface area contributed by atoms with Gasteiger partial charge in [0.1, 0.15) is 5.75 Å². The molecule has 0 radical (unpaired) electrons. The Morgan fingerprint density at radius 3 is 1.94 bits per heavy atom. The molecular weight excluding hydrogens is 416 g/mol. The van der Waals surface area contributed by atoms with Gasteiger partial charge in [0.2, 0.25) is 0 Å². The number of allylic oxidation sites excluding steroid dienone is 1. The van der Waals surface area contributed by atoms with Crippen LogP contribution in [0.25, 0.3) is 0 Å². The van der Waals surface area contributed by atoms with E-state index in [4.69, 9.17) is 9.29 Å². The standard InChI is InChI=1S/C23H28N2O5S/c1-2-3-4-5-6-7-8-9-10-23(26)30-21-15-11-19(12-16-21)24-25-20-13-17-22(18-14-20)31(27,28)29/h2,11-18H,1,3-10H2,(H,27,28,29). The lowest BCUT2D eigenvalue weighted by Gasteiger charge is -2.05. The average molecular weight is 445 g/mol. The van der Waals surface area contributed by atoms with Crippen molar-refractivity contribution in [2.45, 2.75) is 56.3 Å². The summed E-state index contributed by atoms with van der Waals surface area (Å²) in [5, 5.41) is 8.06. The van der Waals surface area contributed by atoms with Gasteiger partial charge >= 0.3 is 5.97 Å². The van der Waals surface area contributed by atoms with E-state index in [2.05, 4.69) is 16.8 Å². The maximum absolute atomic E-state index is 11.9. The minimum absolute atomic E-state index is 0.207. The number of azo groups is 1. The quantitative estimate of drug-likeness (QED) is 0.0940. The van der Waals surface area contributed by atoms with Crippen LogP contribution in [0.5, 0.6) is 5.75 Å². The van der Waals surface area contributed by atoms with Crippen LogP contribution in [0.2, 0.25) is 0 Å². The lowest BCUT2D eigenvalue weighted by atomic mass is 10.1. The summed E-state index contributed by atoms with van der Waals surface area (Å²) >= 11 is 0. The molecule has 2 rings (SSSR count). The Kier molecular flexibility index (Phi) is 10.1. The molecule has 0 amide bonds. The zero-order valence-corrected chi connectivity index (χ0v) is 18.3. The second kappa shape index (κ2) is 12.8. The minimum atomic E-state index is -4.23. The second-order valence-electron chi connectivity index (χ2n) is 7.09. The van der Waals surface area contributed by atoms with E-state index in [0.717, 1.165) is 25.7 Å². The van der Waals surface area contributed by atoms with Crippen LogP contribution in [0.4, 0.5) is 11.4 Å². The van der Waals surface area contributed by atoms with Crippen molar-refractivity contribution in [3.8, 4) is 5.75 Å². The Labute approximate surface area is 183 Å². The number of nitrogens with zero attached hydrogens (tertiary/aromatic N) is 2. The van der Waals surface area contributed by atoms with E-state index in [1.165, 1.54) is 43.5 Å².